The van der Waals surface area contributed by atoms with Crippen molar-refractivity contribution in [2.24, 2.45) is 0 Å². The van der Waals surface area contributed by atoms with Crippen LogP contribution in [0, 0.1) is 0 Å². The third-order valence-electron chi connectivity index (χ3n) is 5.47. The van der Waals surface area contributed by atoms with Crippen molar-refractivity contribution < 1.29 is 19.4 Å². The third kappa shape index (κ3) is 5.54. The first-order valence-electron chi connectivity index (χ1n) is 10.8. The molecule has 0 unspecified atom stereocenters. The van der Waals surface area contributed by atoms with Crippen LogP contribution in [0.5, 0.6) is 5.75 Å². The summed E-state index contributed by atoms with van der Waals surface area (Å²) in [7, 11) is 0. The number of benzene rings is 2. The number of ketones is 2. The van der Waals surface area contributed by atoms with E-state index in [0.29, 0.717) is 41.2 Å². The van der Waals surface area contributed by atoms with Crippen LogP contribution in [-0.2, 0) is 0 Å². The van der Waals surface area contributed by atoms with Crippen molar-refractivity contribution in [2.75, 3.05) is 13.2 Å². The summed E-state index contributed by atoms with van der Waals surface area (Å²) < 4.78 is 5.83. The molecule has 0 fully saturated rings. The van der Waals surface area contributed by atoms with Crippen LogP contribution in [-0.4, -0.2) is 29.9 Å². The molecular formula is C25H30O4. The highest BCUT2D eigenvalue weighted by molar-refractivity contribution is 6.28. The van der Waals surface area contributed by atoms with E-state index in [1.807, 2.05) is 0 Å². The molecule has 2 aromatic carbocycles. The van der Waals surface area contributed by atoms with Gasteiger partial charge in [0.25, 0.3) is 0 Å². The van der Waals surface area contributed by atoms with Gasteiger partial charge in [-0.25, -0.2) is 0 Å². The second-order valence-corrected chi connectivity index (χ2v) is 7.67. The summed E-state index contributed by atoms with van der Waals surface area (Å²) in [6.45, 7) is 0.927. The quantitative estimate of drug-likeness (QED) is 0.421. The molecule has 0 amide bonds. The van der Waals surface area contributed by atoms with Gasteiger partial charge in [-0.15, -0.1) is 0 Å². The molecule has 0 spiro atoms. The van der Waals surface area contributed by atoms with Gasteiger partial charge in [0.15, 0.2) is 11.6 Å². The highest BCUT2D eigenvalue weighted by atomic mass is 16.5. The van der Waals surface area contributed by atoms with Crippen LogP contribution in [0.1, 0.15) is 89.6 Å². The van der Waals surface area contributed by atoms with Gasteiger partial charge in [0.1, 0.15) is 5.75 Å². The van der Waals surface area contributed by atoms with E-state index in [2.05, 4.69) is 0 Å². The molecule has 4 nitrogen and oxygen atoms in total. The summed E-state index contributed by atoms with van der Waals surface area (Å²) in [5.74, 6) is 0.436. The monoisotopic (exact) mass is 394 g/mol. The molecule has 3 rings (SSSR count). The Bertz CT molecular complexity index is 840. The summed E-state index contributed by atoms with van der Waals surface area (Å²) >= 11 is 0. The zero-order chi connectivity index (χ0) is 20.5. The van der Waals surface area contributed by atoms with Crippen molar-refractivity contribution >= 4 is 11.6 Å². The van der Waals surface area contributed by atoms with Gasteiger partial charge in [0.05, 0.1) is 6.61 Å². The van der Waals surface area contributed by atoms with Crippen LogP contribution in [0.15, 0.2) is 42.5 Å². The van der Waals surface area contributed by atoms with Crippen molar-refractivity contribution in [3.8, 4) is 5.75 Å². The van der Waals surface area contributed by atoms with Crippen molar-refractivity contribution in [3.05, 3.63) is 64.7 Å². The summed E-state index contributed by atoms with van der Waals surface area (Å²) in [5.41, 5.74) is 1.85. The maximum absolute atomic E-state index is 12.7. The second kappa shape index (κ2) is 10.9. The second-order valence-electron chi connectivity index (χ2n) is 7.67. The lowest BCUT2D eigenvalue weighted by Gasteiger charge is -2.18. The van der Waals surface area contributed by atoms with E-state index in [0.717, 1.165) is 25.7 Å². The van der Waals surface area contributed by atoms with Crippen LogP contribution in [0.3, 0.4) is 0 Å². The molecule has 0 bridgehead atoms. The standard InChI is InChI=1S/C25H30O4/c26-16-10-6-4-2-1-3-5-7-11-17-29-19-14-15-22-23(18-19)25(28)21-13-9-8-12-20(21)24(22)27/h8-9,12-15,18,26H,1-7,10-11,16-17H2. The highest BCUT2D eigenvalue weighted by Gasteiger charge is 2.29. The number of carbonyl (C=O) groups excluding carboxylic acids is 2. The average molecular weight is 395 g/mol. The molecule has 4 heteroatoms. The fourth-order valence-electron chi connectivity index (χ4n) is 3.81. The molecule has 2 aromatic rings. The molecule has 0 saturated heterocycles. The third-order valence-corrected chi connectivity index (χ3v) is 5.47. The predicted octanol–water partition coefficient (Wildman–Crippen LogP) is 5.34. The van der Waals surface area contributed by atoms with E-state index < -0.39 is 0 Å². The van der Waals surface area contributed by atoms with Gasteiger partial charge >= 0.3 is 0 Å². The molecule has 0 saturated carbocycles. The number of hydrogen-bond donors (Lipinski definition) is 1. The zero-order valence-electron chi connectivity index (χ0n) is 17.0. The van der Waals surface area contributed by atoms with E-state index >= 15 is 0 Å². The Hall–Kier alpha value is -2.46. The topological polar surface area (TPSA) is 63.6 Å². The summed E-state index contributed by atoms with van der Waals surface area (Å²) in [4.78, 5) is 25.4. The molecule has 1 N–H and O–H groups in total. The fraction of sp³-hybridized carbons (Fsp3) is 0.440. The van der Waals surface area contributed by atoms with E-state index in [-0.39, 0.29) is 11.6 Å². The number of ether oxygens (including phenoxy) is 1. The average Bonchev–Trinajstić information content (AvgIpc) is 2.76. The van der Waals surface area contributed by atoms with Crippen molar-refractivity contribution in [1.82, 2.24) is 0 Å². The number of fused-ring (bicyclic) bond motifs is 2. The minimum atomic E-state index is -0.111. The largest absolute Gasteiger partial charge is 0.494 e. The fourth-order valence-corrected chi connectivity index (χ4v) is 3.81. The molecule has 0 aliphatic heterocycles. The highest BCUT2D eigenvalue weighted by Crippen LogP contribution is 2.29. The Morgan fingerprint density at radius 3 is 1.76 bits per heavy atom. The van der Waals surface area contributed by atoms with Crippen LogP contribution >= 0.6 is 0 Å². The number of aliphatic hydroxyl groups excluding tert-OH is 1. The van der Waals surface area contributed by atoms with E-state index in [4.69, 9.17) is 9.84 Å². The Morgan fingerprint density at radius 2 is 1.14 bits per heavy atom. The van der Waals surface area contributed by atoms with E-state index in [9.17, 15) is 9.59 Å². The van der Waals surface area contributed by atoms with Gasteiger partial charge < -0.3 is 9.84 Å². The van der Waals surface area contributed by atoms with E-state index in [1.165, 1.54) is 32.1 Å². The maximum Gasteiger partial charge on any atom is 0.194 e. The first kappa shape index (κ1) is 21.3. The molecular weight excluding hydrogens is 364 g/mol. The number of rotatable bonds is 12. The summed E-state index contributed by atoms with van der Waals surface area (Å²) in [5, 5.41) is 8.75. The van der Waals surface area contributed by atoms with Gasteiger partial charge in [0.2, 0.25) is 0 Å². The van der Waals surface area contributed by atoms with Crippen molar-refractivity contribution in [1.29, 1.82) is 0 Å². The predicted molar refractivity (Wildman–Crippen MR) is 114 cm³/mol. The molecule has 0 atom stereocenters. The normalized spacial score (nSPS) is 12.6. The minimum absolute atomic E-state index is 0.0990. The number of unbranched alkanes of at least 4 members (excludes halogenated alkanes) is 8. The Kier molecular flexibility index (Phi) is 8.00. The molecule has 0 aromatic heterocycles. The van der Waals surface area contributed by atoms with Gasteiger partial charge in [-0.05, 0) is 31.0 Å². The Balaban J connectivity index is 1.41. The van der Waals surface area contributed by atoms with Gasteiger partial charge in [-0.1, -0.05) is 69.2 Å². The van der Waals surface area contributed by atoms with Crippen LogP contribution in [0.25, 0.3) is 0 Å². The number of aliphatic hydroxyl groups is 1. The SMILES string of the molecule is O=C1c2ccccc2C(=O)c2cc(OCCCCCCCCCCCO)ccc21. The first-order valence-corrected chi connectivity index (χ1v) is 10.8. The minimum Gasteiger partial charge on any atom is -0.494 e. The van der Waals surface area contributed by atoms with Gasteiger partial charge in [-0.3, -0.25) is 9.59 Å². The smallest absolute Gasteiger partial charge is 0.194 e. The maximum atomic E-state index is 12.7. The molecule has 1 aliphatic carbocycles. The van der Waals surface area contributed by atoms with Crippen LogP contribution < -0.4 is 4.74 Å². The van der Waals surface area contributed by atoms with Gasteiger partial charge in [0, 0.05) is 28.9 Å². The summed E-state index contributed by atoms with van der Waals surface area (Å²) in [6.07, 6.45) is 10.3. The molecule has 0 heterocycles. The van der Waals surface area contributed by atoms with Crippen molar-refractivity contribution in [3.63, 3.8) is 0 Å². The van der Waals surface area contributed by atoms with Crippen LogP contribution in [0.2, 0.25) is 0 Å². The molecule has 0 radical (unpaired) electrons. The van der Waals surface area contributed by atoms with Gasteiger partial charge in [-0.2, -0.15) is 0 Å². The lowest BCUT2D eigenvalue weighted by atomic mass is 9.84. The van der Waals surface area contributed by atoms with Crippen molar-refractivity contribution in [2.45, 2.75) is 57.8 Å². The summed E-state index contributed by atoms with van der Waals surface area (Å²) in [6, 6.07) is 12.2. The lowest BCUT2D eigenvalue weighted by molar-refractivity contribution is 0.0978. The first-order chi connectivity index (χ1) is 14.2. The number of hydrogen-bond acceptors (Lipinski definition) is 4. The molecule has 29 heavy (non-hydrogen) atoms. The lowest BCUT2D eigenvalue weighted by Crippen LogP contribution is -2.20. The zero-order valence-corrected chi connectivity index (χ0v) is 17.0. The number of carbonyl (C=O) groups is 2. The Labute approximate surface area is 172 Å². The van der Waals surface area contributed by atoms with E-state index in [1.54, 1.807) is 42.5 Å². The Morgan fingerprint density at radius 1 is 0.621 bits per heavy atom. The molecule has 1 aliphatic rings. The molecule has 154 valence electrons. The van der Waals surface area contributed by atoms with Crippen LogP contribution in [0.4, 0.5) is 0 Å².